The van der Waals surface area contributed by atoms with Gasteiger partial charge in [0.2, 0.25) is 0 Å². The van der Waals surface area contributed by atoms with Crippen molar-refractivity contribution >= 4 is 16.7 Å². The molecule has 0 fully saturated rings. The van der Waals surface area contributed by atoms with E-state index in [0.717, 1.165) is 34.7 Å². The molecule has 1 atom stereocenters. The van der Waals surface area contributed by atoms with Crippen LogP contribution < -0.4 is 5.73 Å². The summed E-state index contributed by atoms with van der Waals surface area (Å²) in [5, 5.41) is 0. The first kappa shape index (κ1) is 13.7. The second-order valence-electron chi connectivity index (χ2n) is 5.88. The predicted octanol–water partition coefficient (Wildman–Crippen LogP) is 4.14. The summed E-state index contributed by atoms with van der Waals surface area (Å²) in [7, 11) is 0. The Balaban J connectivity index is 2.08. The average Bonchev–Trinajstić information content (AvgIpc) is 3.04. The first-order valence-corrected chi connectivity index (χ1v) is 7.36. The summed E-state index contributed by atoms with van der Waals surface area (Å²) >= 11 is 0. The Morgan fingerprint density at radius 1 is 1.24 bits per heavy atom. The van der Waals surface area contributed by atoms with Gasteiger partial charge in [-0.2, -0.15) is 0 Å². The smallest absolute Gasteiger partial charge is 0.112 e. The Labute approximate surface area is 124 Å². The number of anilines is 1. The average molecular weight is 283 g/mol. The topological polar surface area (TPSA) is 57.0 Å². The van der Waals surface area contributed by atoms with Crippen LogP contribution in [0.1, 0.15) is 44.3 Å². The number of hydrogen-bond acceptors (Lipinski definition) is 3. The van der Waals surface area contributed by atoms with Crippen molar-refractivity contribution < 1.29 is 4.42 Å². The van der Waals surface area contributed by atoms with Crippen molar-refractivity contribution in [3.05, 3.63) is 48.2 Å². The SMILES string of the molecule is CC(C)c1nc2cc(N)ccc2n1C(C)Cc1ccco1. The van der Waals surface area contributed by atoms with Crippen LogP contribution in [-0.4, -0.2) is 9.55 Å². The molecule has 2 N–H and O–H groups in total. The molecule has 0 bridgehead atoms. The van der Waals surface area contributed by atoms with E-state index in [1.54, 1.807) is 6.26 Å². The molecule has 2 heterocycles. The third-order valence-corrected chi connectivity index (χ3v) is 3.77. The van der Waals surface area contributed by atoms with Gasteiger partial charge in [0.15, 0.2) is 0 Å². The van der Waals surface area contributed by atoms with E-state index in [9.17, 15) is 0 Å². The van der Waals surface area contributed by atoms with Crippen molar-refractivity contribution in [1.29, 1.82) is 0 Å². The summed E-state index contributed by atoms with van der Waals surface area (Å²) in [6.45, 7) is 6.53. The molecule has 0 radical (unpaired) electrons. The summed E-state index contributed by atoms with van der Waals surface area (Å²) in [4.78, 5) is 4.78. The van der Waals surface area contributed by atoms with E-state index in [2.05, 4.69) is 31.4 Å². The highest BCUT2D eigenvalue weighted by atomic mass is 16.3. The number of aromatic nitrogens is 2. The van der Waals surface area contributed by atoms with Gasteiger partial charge < -0.3 is 14.7 Å². The number of benzene rings is 1. The zero-order valence-corrected chi connectivity index (χ0v) is 12.7. The van der Waals surface area contributed by atoms with Crippen LogP contribution in [-0.2, 0) is 6.42 Å². The van der Waals surface area contributed by atoms with Gasteiger partial charge in [-0.15, -0.1) is 0 Å². The van der Waals surface area contributed by atoms with Gasteiger partial charge in [0.1, 0.15) is 11.6 Å². The predicted molar refractivity (Wildman–Crippen MR) is 85.4 cm³/mol. The Morgan fingerprint density at radius 2 is 2.05 bits per heavy atom. The molecule has 4 nitrogen and oxygen atoms in total. The maximum absolute atomic E-state index is 5.88. The minimum absolute atomic E-state index is 0.280. The standard InChI is InChI=1S/C17H21N3O/c1-11(2)17-19-15-10-13(18)6-7-16(15)20(17)12(3)9-14-5-4-8-21-14/h4-8,10-12H,9,18H2,1-3H3. The monoisotopic (exact) mass is 283 g/mol. The lowest BCUT2D eigenvalue weighted by Crippen LogP contribution is -2.12. The van der Waals surface area contributed by atoms with Gasteiger partial charge >= 0.3 is 0 Å². The van der Waals surface area contributed by atoms with E-state index in [1.807, 2.05) is 24.3 Å². The summed E-state index contributed by atoms with van der Waals surface area (Å²) in [5.74, 6) is 2.45. The van der Waals surface area contributed by atoms with Gasteiger partial charge in [-0.05, 0) is 37.3 Å². The van der Waals surface area contributed by atoms with Crippen molar-refractivity contribution in [2.75, 3.05) is 5.73 Å². The lowest BCUT2D eigenvalue weighted by Gasteiger charge is -2.18. The van der Waals surface area contributed by atoms with E-state index >= 15 is 0 Å². The van der Waals surface area contributed by atoms with Crippen LogP contribution in [0.2, 0.25) is 0 Å². The zero-order chi connectivity index (χ0) is 15.0. The number of furan rings is 1. The molecule has 110 valence electrons. The highest BCUT2D eigenvalue weighted by molar-refractivity contribution is 5.80. The molecule has 0 amide bonds. The molecule has 1 aromatic carbocycles. The van der Waals surface area contributed by atoms with Crippen molar-refractivity contribution in [3.8, 4) is 0 Å². The van der Waals surface area contributed by atoms with Gasteiger partial charge in [-0.3, -0.25) is 0 Å². The molecule has 4 heteroatoms. The summed E-state index contributed by atoms with van der Waals surface area (Å²) in [6.07, 6.45) is 2.57. The number of imidazole rings is 1. The van der Waals surface area contributed by atoms with Crippen molar-refractivity contribution in [1.82, 2.24) is 9.55 Å². The van der Waals surface area contributed by atoms with Gasteiger partial charge in [-0.1, -0.05) is 13.8 Å². The van der Waals surface area contributed by atoms with E-state index in [4.69, 9.17) is 15.1 Å². The van der Waals surface area contributed by atoms with Crippen molar-refractivity contribution in [2.45, 2.75) is 39.2 Å². The number of rotatable bonds is 4. The molecule has 3 rings (SSSR count). The molecular formula is C17H21N3O. The molecular weight excluding hydrogens is 262 g/mol. The van der Waals surface area contributed by atoms with Crippen LogP contribution in [0.3, 0.4) is 0 Å². The van der Waals surface area contributed by atoms with Gasteiger partial charge in [0.25, 0.3) is 0 Å². The summed E-state index contributed by atoms with van der Waals surface area (Å²) < 4.78 is 7.79. The van der Waals surface area contributed by atoms with Crippen LogP contribution >= 0.6 is 0 Å². The Morgan fingerprint density at radius 3 is 2.71 bits per heavy atom. The minimum Gasteiger partial charge on any atom is -0.469 e. The molecule has 21 heavy (non-hydrogen) atoms. The Kier molecular flexibility index (Phi) is 3.45. The highest BCUT2D eigenvalue weighted by Crippen LogP contribution is 2.28. The van der Waals surface area contributed by atoms with Gasteiger partial charge in [-0.25, -0.2) is 4.98 Å². The second-order valence-corrected chi connectivity index (χ2v) is 5.88. The lowest BCUT2D eigenvalue weighted by atomic mass is 10.1. The number of hydrogen-bond donors (Lipinski definition) is 1. The molecule has 0 saturated heterocycles. The van der Waals surface area contributed by atoms with Crippen LogP contribution in [0.5, 0.6) is 0 Å². The normalized spacial score (nSPS) is 13.1. The summed E-state index contributed by atoms with van der Waals surface area (Å²) in [5.41, 5.74) is 8.73. The number of nitrogen functional groups attached to an aromatic ring is 1. The number of nitrogens with two attached hydrogens (primary N) is 1. The molecule has 0 saturated carbocycles. The lowest BCUT2D eigenvalue weighted by molar-refractivity contribution is 0.443. The third kappa shape index (κ3) is 2.53. The highest BCUT2D eigenvalue weighted by Gasteiger charge is 2.19. The fourth-order valence-electron chi connectivity index (χ4n) is 2.82. The first-order chi connectivity index (χ1) is 10.1. The largest absolute Gasteiger partial charge is 0.469 e. The number of fused-ring (bicyclic) bond motifs is 1. The fourth-order valence-corrected chi connectivity index (χ4v) is 2.82. The maximum Gasteiger partial charge on any atom is 0.112 e. The van der Waals surface area contributed by atoms with Crippen LogP contribution in [0.4, 0.5) is 5.69 Å². The minimum atomic E-state index is 0.280. The van der Waals surface area contributed by atoms with Crippen molar-refractivity contribution in [3.63, 3.8) is 0 Å². The van der Waals surface area contributed by atoms with Crippen molar-refractivity contribution in [2.24, 2.45) is 0 Å². The second kappa shape index (κ2) is 5.28. The Bertz CT molecular complexity index is 741. The van der Waals surface area contributed by atoms with Gasteiger partial charge in [0, 0.05) is 24.1 Å². The number of nitrogens with zero attached hydrogens (tertiary/aromatic N) is 2. The first-order valence-electron chi connectivity index (χ1n) is 7.36. The Hall–Kier alpha value is -2.23. The molecule has 0 aliphatic heterocycles. The molecule has 0 aliphatic rings. The van der Waals surface area contributed by atoms with E-state index in [-0.39, 0.29) is 6.04 Å². The molecule has 0 aliphatic carbocycles. The molecule has 0 spiro atoms. The van der Waals surface area contributed by atoms with Crippen LogP contribution in [0.25, 0.3) is 11.0 Å². The van der Waals surface area contributed by atoms with Crippen LogP contribution in [0.15, 0.2) is 41.0 Å². The zero-order valence-electron chi connectivity index (χ0n) is 12.7. The summed E-state index contributed by atoms with van der Waals surface area (Å²) in [6, 6.07) is 10.2. The van der Waals surface area contributed by atoms with E-state index in [1.165, 1.54) is 0 Å². The quantitative estimate of drug-likeness (QED) is 0.732. The van der Waals surface area contributed by atoms with Gasteiger partial charge in [0.05, 0.1) is 17.3 Å². The maximum atomic E-state index is 5.88. The molecule has 1 unspecified atom stereocenters. The fraction of sp³-hybridized carbons (Fsp3) is 0.353. The molecule has 2 aromatic heterocycles. The third-order valence-electron chi connectivity index (χ3n) is 3.77. The van der Waals surface area contributed by atoms with E-state index in [0.29, 0.717) is 5.92 Å². The van der Waals surface area contributed by atoms with Crippen LogP contribution in [0, 0.1) is 0 Å². The molecule has 3 aromatic rings. The van der Waals surface area contributed by atoms with E-state index < -0.39 is 0 Å².